The molecule has 0 atom stereocenters. The predicted octanol–water partition coefficient (Wildman–Crippen LogP) is 5.58. The lowest BCUT2D eigenvalue weighted by atomic mass is 10.2. The van der Waals surface area contributed by atoms with Crippen LogP contribution in [0.3, 0.4) is 0 Å². The molecule has 0 aliphatic carbocycles. The first-order chi connectivity index (χ1) is 15.0. The summed E-state index contributed by atoms with van der Waals surface area (Å²) in [5.41, 5.74) is 1.78. The molecule has 5 nitrogen and oxygen atoms in total. The van der Waals surface area contributed by atoms with Crippen LogP contribution in [-0.4, -0.2) is 29.0 Å². The number of rotatable bonds is 6. The Kier molecular flexibility index (Phi) is 6.30. The molecule has 1 aromatic heterocycles. The summed E-state index contributed by atoms with van der Waals surface area (Å²) in [6.07, 6.45) is 0. The maximum absolute atomic E-state index is 13.3. The topological polar surface area (TPSA) is 66.9 Å². The molecule has 8 heteroatoms. The van der Waals surface area contributed by atoms with E-state index in [-0.39, 0.29) is 11.5 Å². The Hall–Kier alpha value is -3.22. The van der Waals surface area contributed by atoms with Crippen molar-refractivity contribution >= 4 is 45.8 Å². The van der Waals surface area contributed by atoms with Gasteiger partial charge in [-0.15, -0.1) is 0 Å². The second-order valence-corrected chi connectivity index (χ2v) is 7.63. The molecular weight excluding hydrogens is 438 g/mol. The molecule has 0 spiro atoms. The standard InChI is InChI=1S/C23H17Cl2FN4O/c24-16-6-4-14(5-7-16)21-29-20-13-17(25)8-9-19(20)22(30-21)27-10-11-28-23(31)15-2-1-3-18(26)12-15/h1-9,12-13H,10-11H2,(H,28,31)(H,27,29,30). The SMILES string of the molecule is O=C(NCCNc1nc(-c2ccc(Cl)cc2)nc2cc(Cl)ccc12)c1cccc(F)c1. The van der Waals surface area contributed by atoms with E-state index in [4.69, 9.17) is 23.2 Å². The van der Waals surface area contributed by atoms with Crippen molar-refractivity contribution in [2.45, 2.75) is 0 Å². The van der Waals surface area contributed by atoms with Gasteiger partial charge in [-0.2, -0.15) is 0 Å². The summed E-state index contributed by atoms with van der Waals surface area (Å²) in [5.74, 6) is 0.346. The van der Waals surface area contributed by atoms with Gasteiger partial charge < -0.3 is 10.6 Å². The second kappa shape index (κ2) is 9.29. The number of fused-ring (bicyclic) bond motifs is 1. The summed E-state index contributed by atoms with van der Waals surface area (Å²) in [4.78, 5) is 21.4. The molecule has 2 N–H and O–H groups in total. The van der Waals surface area contributed by atoms with Gasteiger partial charge in [-0.3, -0.25) is 4.79 Å². The van der Waals surface area contributed by atoms with E-state index in [1.54, 1.807) is 30.3 Å². The number of nitrogens with zero attached hydrogens (tertiary/aromatic N) is 2. The first-order valence-corrected chi connectivity index (χ1v) is 10.3. The van der Waals surface area contributed by atoms with Crippen molar-refractivity contribution in [3.05, 3.63) is 88.2 Å². The van der Waals surface area contributed by atoms with Gasteiger partial charge >= 0.3 is 0 Å². The first kappa shape index (κ1) is 21.0. The van der Waals surface area contributed by atoms with Crippen molar-refractivity contribution in [2.24, 2.45) is 0 Å². The second-order valence-electron chi connectivity index (χ2n) is 6.76. The van der Waals surface area contributed by atoms with Crippen molar-refractivity contribution in [3.63, 3.8) is 0 Å². The van der Waals surface area contributed by atoms with Crippen molar-refractivity contribution < 1.29 is 9.18 Å². The van der Waals surface area contributed by atoms with E-state index < -0.39 is 5.82 Å². The van der Waals surface area contributed by atoms with E-state index in [2.05, 4.69) is 20.6 Å². The number of hydrogen-bond donors (Lipinski definition) is 2. The Balaban J connectivity index is 1.52. The summed E-state index contributed by atoms with van der Waals surface area (Å²) in [6, 6.07) is 18.2. The van der Waals surface area contributed by atoms with Gasteiger partial charge in [0.25, 0.3) is 5.91 Å². The first-order valence-electron chi connectivity index (χ1n) is 9.50. The minimum absolute atomic E-state index is 0.271. The van der Waals surface area contributed by atoms with Crippen molar-refractivity contribution in [3.8, 4) is 11.4 Å². The van der Waals surface area contributed by atoms with E-state index in [1.807, 2.05) is 18.2 Å². The normalized spacial score (nSPS) is 10.8. The van der Waals surface area contributed by atoms with E-state index in [0.717, 1.165) is 10.9 Å². The summed E-state index contributed by atoms with van der Waals surface area (Å²) in [6.45, 7) is 0.737. The highest BCUT2D eigenvalue weighted by Crippen LogP contribution is 2.27. The van der Waals surface area contributed by atoms with Gasteiger partial charge in [-0.1, -0.05) is 29.3 Å². The number of carbonyl (C=O) groups excluding carboxylic acids is 1. The number of halogens is 3. The summed E-state index contributed by atoms with van der Waals surface area (Å²) in [5, 5.41) is 8.00. The van der Waals surface area contributed by atoms with Crippen LogP contribution in [0, 0.1) is 5.82 Å². The average Bonchev–Trinajstić information content (AvgIpc) is 2.76. The van der Waals surface area contributed by atoms with Crippen molar-refractivity contribution in [1.82, 2.24) is 15.3 Å². The van der Waals surface area contributed by atoms with Gasteiger partial charge in [0.1, 0.15) is 11.6 Å². The highest BCUT2D eigenvalue weighted by atomic mass is 35.5. The molecule has 4 rings (SSSR count). The fourth-order valence-corrected chi connectivity index (χ4v) is 3.35. The van der Waals surface area contributed by atoms with Crippen molar-refractivity contribution in [1.29, 1.82) is 0 Å². The molecule has 0 fully saturated rings. The van der Waals surface area contributed by atoms with Gasteiger partial charge in [-0.05, 0) is 60.7 Å². The highest BCUT2D eigenvalue weighted by molar-refractivity contribution is 6.31. The average molecular weight is 455 g/mol. The molecule has 0 saturated carbocycles. The van der Waals surface area contributed by atoms with Crippen LogP contribution >= 0.6 is 23.2 Å². The predicted molar refractivity (Wildman–Crippen MR) is 122 cm³/mol. The highest BCUT2D eigenvalue weighted by Gasteiger charge is 2.11. The number of benzene rings is 3. The molecule has 1 amide bonds. The third kappa shape index (κ3) is 5.10. The molecule has 0 aliphatic rings. The number of hydrogen-bond acceptors (Lipinski definition) is 4. The molecule has 0 saturated heterocycles. The Bertz CT molecular complexity index is 1250. The lowest BCUT2D eigenvalue weighted by molar-refractivity contribution is 0.0954. The lowest BCUT2D eigenvalue weighted by Crippen LogP contribution is -2.29. The van der Waals surface area contributed by atoms with E-state index in [0.29, 0.717) is 40.3 Å². The zero-order valence-electron chi connectivity index (χ0n) is 16.2. The van der Waals surface area contributed by atoms with Crippen LogP contribution in [0.5, 0.6) is 0 Å². The minimum Gasteiger partial charge on any atom is -0.368 e. The van der Waals surface area contributed by atoms with Gasteiger partial charge in [0.2, 0.25) is 0 Å². The number of anilines is 1. The van der Waals surface area contributed by atoms with E-state index in [1.165, 1.54) is 18.2 Å². The van der Waals surface area contributed by atoms with Crippen LogP contribution in [0.2, 0.25) is 10.0 Å². The molecular formula is C23H17Cl2FN4O. The Morgan fingerprint density at radius 2 is 1.68 bits per heavy atom. The van der Waals surface area contributed by atoms with Crippen LogP contribution < -0.4 is 10.6 Å². The number of carbonyl (C=O) groups is 1. The van der Waals surface area contributed by atoms with Gasteiger partial charge in [-0.25, -0.2) is 14.4 Å². The third-order valence-electron chi connectivity index (χ3n) is 4.55. The zero-order chi connectivity index (χ0) is 21.8. The van der Waals surface area contributed by atoms with E-state index in [9.17, 15) is 9.18 Å². The summed E-state index contributed by atoms with van der Waals surface area (Å²) >= 11 is 12.1. The number of nitrogens with one attached hydrogen (secondary N) is 2. The lowest BCUT2D eigenvalue weighted by Gasteiger charge is -2.12. The molecule has 156 valence electrons. The molecule has 0 bridgehead atoms. The van der Waals surface area contributed by atoms with Crippen LogP contribution in [0.1, 0.15) is 10.4 Å². The number of aromatic nitrogens is 2. The Morgan fingerprint density at radius 1 is 0.903 bits per heavy atom. The van der Waals surface area contributed by atoms with Gasteiger partial charge in [0.15, 0.2) is 5.82 Å². The smallest absolute Gasteiger partial charge is 0.251 e. The molecule has 31 heavy (non-hydrogen) atoms. The van der Waals surface area contributed by atoms with Crippen LogP contribution in [0.25, 0.3) is 22.3 Å². The van der Waals surface area contributed by atoms with Crippen molar-refractivity contribution in [2.75, 3.05) is 18.4 Å². The molecule has 0 radical (unpaired) electrons. The monoisotopic (exact) mass is 454 g/mol. The molecule has 3 aromatic carbocycles. The summed E-state index contributed by atoms with van der Waals surface area (Å²) in [7, 11) is 0. The molecule has 4 aromatic rings. The quantitative estimate of drug-likeness (QED) is 0.373. The van der Waals surface area contributed by atoms with Gasteiger partial charge in [0.05, 0.1) is 5.52 Å². The summed E-state index contributed by atoms with van der Waals surface area (Å²) < 4.78 is 13.3. The van der Waals surface area contributed by atoms with Crippen LogP contribution in [0.4, 0.5) is 10.2 Å². The van der Waals surface area contributed by atoms with E-state index >= 15 is 0 Å². The maximum Gasteiger partial charge on any atom is 0.251 e. The fraction of sp³-hybridized carbons (Fsp3) is 0.0870. The Morgan fingerprint density at radius 3 is 2.45 bits per heavy atom. The molecule has 0 unspecified atom stereocenters. The van der Waals surface area contributed by atoms with Crippen LogP contribution in [0.15, 0.2) is 66.7 Å². The molecule has 0 aliphatic heterocycles. The fourth-order valence-electron chi connectivity index (χ4n) is 3.05. The maximum atomic E-state index is 13.3. The third-order valence-corrected chi connectivity index (χ3v) is 5.04. The largest absolute Gasteiger partial charge is 0.368 e. The number of amides is 1. The minimum atomic E-state index is -0.452. The Labute approximate surface area is 188 Å². The zero-order valence-corrected chi connectivity index (χ0v) is 17.7. The van der Waals surface area contributed by atoms with Gasteiger partial charge in [0, 0.05) is 39.6 Å². The molecule has 1 heterocycles. The van der Waals surface area contributed by atoms with Crippen LogP contribution in [-0.2, 0) is 0 Å².